The number of hydrogen-bond acceptors (Lipinski definition) is 4. The van der Waals surface area contributed by atoms with Crippen molar-refractivity contribution in [3.8, 4) is 0 Å². The van der Waals surface area contributed by atoms with Gasteiger partial charge in [-0.3, -0.25) is 4.79 Å². The molecule has 0 aliphatic heterocycles. The van der Waals surface area contributed by atoms with E-state index in [1.807, 2.05) is 0 Å². The molecule has 1 amide bonds. The number of halogens is 1. The average molecular weight is 301 g/mol. The number of rotatable bonds is 6. The van der Waals surface area contributed by atoms with Crippen molar-refractivity contribution >= 4 is 22.1 Å². The van der Waals surface area contributed by atoms with Crippen LogP contribution in [0.5, 0.6) is 0 Å². The summed E-state index contributed by atoms with van der Waals surface area (Å²) in [6.45, 7) is 0.241. The molecule has 0 radical (unpaired) electrons. The van der Waals surface area contributed by atoms with Crippen LogP contribution in [0.1, 0.15) is 5.56 Å². The lowest BCUT2D eigenvalue weighted by molar-refractivity contribution is -0.131. The molecular weight excluding hydrogens is 289 g/mol. The Morgan fingerprint density at radius 1 is 1.20 bits per heavy atom. The quantitative estimate of drug-likeness (QED) is 0.593. The number of aliphatic carboxylic acids is 1. The lowest BCUT2D eigenvalue weighted by atomic mass is 10.1. The standard InChI is InChI=1S/C12H12FNO5S/c13-20(18,19)10-3-1-9(2-4-10)7-8-14-11(15)5-6-12(16)17/h1-6H,7-8H2,(H,14,15)(H,16,17)/b6-5-. The Bertz CT molecular complexity index is 622. The summed E-state index contributed by atoms with van der Waals surface area (Å²) in [5, 5.41) is 10.8. The Morgan fingerprint density at radius 3 is 2.30 bits per heavy atom. The number of carboxylic acids is 1. The normalized spacial score (nSPS) is 11.4. The van der Waals surface area contributed by atoms with Crippen LogP contribution in [0.4, 0.5) is 3.89 Å². The van der Waals surface area contributed by atoms with E-state index in [1.54, 1.807) is 0 Å². The summed E-state index contributed by atoms with van der Waals surface area (Å²) in [4.78, 5) is 20.9. The minimum Gasteiger partial charge on any atom is -0.478 e. The molecule has 1 aromatic carbocycles. The number of carbonyl (C=O) groups is 2. The van der Waals surface area contributed by atoms with Gasteiger partial charge < -0.3 is 10.4 Å². The first-order chi connectivity index (χ1) is 9.29. The molecule has 1 aromatic rings. The highest BCUT2D eigenvalue weighted by Crippen LogP contribution is 2.13. The van der Waals surface area contributed by atoms with Gasteiger partial charge in [-0.2, -0.15) is 8.42 Å². The molecule has 108 valence electrons. The number of carboxylic acid groups (broad SMARTS) is 1. The summed E-state index contributed by atoms with van der Waals surface area (Å²) in [6.07, 6.45) is 2.01. The van der Waals surface area contributed by atoms with E-state index in [4.69, 9.17) is 5.11 Å². The number of carbonyl (C=O) groups excluding carboxylic acids is 1. The molecule has 0 saturated carbocycles. The van der Waals surface area contributed by atoms with E-state index in [0.29, 0.717) is 12.0 Å². The van der Waals surface area contributed by atoms with E-state index in [0.717, 1.165) is 24.3 Å². The topological polar surface area (TPSA) is 101 Å². The fourth-order valence-electron chi connectivity index (χ4n) is 1.35. The van der Waals surface area contributed by atoms with Crippen molar-refractivity contribution in [3.63, 3.8) is 0 Å². The molecule has 2 N–H and O–H groups in total. The van der Waals surface area contributed by atoms with Gasteiger partial charge in [-0.25, -0.2) is 4.79 Å². The van der Waals surface area contributed by atoms with Gasteiger partial charge in [0.05, 0.1) is 4.90 Å². The second-order valence-corrected chi connectivity index (χ2v) is 5.14. The van der Waals surface area contributed by atoms with Gasteiger partial charge in [0.2, 0.25) is 5.91 Å². The fraction of sp³-hybridized carbons (Fsp3) is 0.167. The summed E-state index contributed by atoms with van der Waals surface area (Å²) in [6, 6.07) is 5.14. The highest BCUT2D eigenvalue weighted by molar-refractivity contribution is 7.86. The molecule has 0 spiro atoms. The van der Waals surface area contributed by atoms with E-state index in [1.165, 1.54) is 12.1 Å². The van der Waals surface area contributed by atoms with Crippen LogP contribution < -0.4 is 5.32 Å². The van der Waals surface area contributed by atoms with Crippen molar-refractivity contribution in [2.75, 3.05) is 6.54 Å². The van der Waals surface area contributed by atoms with Crippen molar-refractivity contribution in [2.45, 2.75) is 11.3 Å². The molecule has 0 aliphatic rings. The maximum atomic E-state index is 12.6. The second kappa shape index (κ2) is 6.80. The molecule has 0 aromatic heterocycles. The van der Waals surface area contributed by atoms with Crippen LogP contribution in [0.2, 0.25) is 0 Å². The molecule has 0 aliphatic carbocycles. The SMILES string of the molecule is O=C(O)/C=C\C(=O)NCCc1ccc(S(=O)(=O)F)cc1. The van der Waals surface area contributed by atoms with E-state index in [-0.39, 0.29) is 6.54 Å². The molecule has 0 atom stereocenters. The van der Waals surface area contributed by atoms with Crippen molar-refractivity contribution in [1.82, 2.24) is 5.32 Å². The van der Waals surface area contributed by atoms with Gasteiger partial charge in [0, 0.05) is 18.7 Å². The van der Waals surface area contributed by atoms with Gasteiger partial charge >= 0.3 is 16.2 Å². The van der Waals surface area contributed by atoms with Gasteiger partial charge in [-0.05, 0) is 24.1 Å². The zero-order valence-corrected chi connectivity index (χ0v) is 11.1. The lowest BCUT2D eigenvalue weighted by Gasteiger charge is -2.03. The molecule has 0 saturated heterocycles. The predicted molar refractivity (Wildman–Crippen MR) is 68.2 cm³/mol. The second-order valence-electron chi connectivity index (χ2n) is 3.79. The molecule has 6 nitrogen and oxygen atoms in total. The van der Waals surface area contributed by atoms with Gasteiger partial charge in [0.1, 0.15) is 0 Å². The smallest absolute Gasteiger partial charge is 0.332 e. The third-order valence-electron chi connectivity index (χ3n) is 2.30. The van der Waals surface area contributed by atoms with Gasteiger partial charge in [-0.1, -0.05) is 12.1 Å². The lowest BCUT2D eigenvalue weighted by Crippen LogP contribution is -2.23. The first-order valence-corrected chi connectivity index (χ1v) is 6.90. The van der Waals surface area contributed by atoms with Gasteiger partial charge in [0.15, 0.2) is 0 Å². The van der Waals surface area contributed by atoms with E-state index in [9.17, 15) is 21.9 Å². The Kier molecular flexibility index (Phi) is 5.39. The first kappa shape index (κ1) is 15.8. The monoisotopic (exact) mass is 301 g/mol. The number of nitrogens with one attached hydrogen (secondary N) is 1. The number of hydrogen-bond donors (Lipinski definition) is 2. The summed E-state index contributed by atoms with van der Waals surface area (Å²) < 4.78 is 33.8. The van der Waals surface area contributed by atoms with Crippen LogP contribution in [0.3, 0.4) is 0 Å². The highest BCUT2D eigenvalue weighted by atomic mass is 32.3. The third-order valence-corrected chi connectivity index (χ3v) is 3.13. The van der Waals surface area contributed by atoms with Crippen LogP contribution in [-0.2, 0) is 26.2 Å². The molecule has 8 heteroatoms. The number of benzene rings is 1. The van der Waals surface area contributed by atoms with Crippen molar-refractivity contribution in [2.24, 2.45) is 0 Å². The van der Waals surface area contributed by atoms with Crippen LogP contribution in [0.15, 0.2) is 41.3 Å². The van der Waals surface area contributed by atoms with Crippen LogP contribution in [-0.4, -0.2) is 31.9 Å². The summed E-state index contributed by atoms with van der Waals surface area (Å²) >= 11 is 0. The predicted octanol–water partition coefficient (Wildman–Crippen LogP) is 0.644. The zero-order chi connectivity index (χ0) is 15.2. The van der Waals surface area contributed by atoms with Crippen molar-refractivity contribution in [3.05, 3.63) is 42.0 Å². The van der Waals surface area contributed by atoms with Gasteiger partial charge in [0.25, 0.3) is 0 Å². The fourth-order valence-corrected chi connectivity index (χ4v) is 1.82. The van der Waals surface area contributed by atoms with Crippen molar-refractivity contribution in [1.29, 1.82) is 0 Å². The molecule has 20 heavy (non-hydrogen) atoms. The summed E-state index contributed by atoms with van der Waals surface area (Å²) in [7, 11) is -4.70. The van der Waals surface area contributed by atoms with Gasteiger partial charge in [-0.15, -0.1) is 3.89 Å². The Hall–Kier alpha value is -2.22. The maximum absolute atomic E-state index is 12.6. The average Bonchev–Trinajstić information content (AvgIpc) is 2.36. The Morgan fingerprint density at radius 2 is 1.80 bits per heavy atom. The third kappa shape index (κ3) is 5.61. The molecule has 0 unspecified atom stereocenters. The zero-order valence-electron chi connectivity index (χ0n) is 10.2. The largest absolute Gasteiger partial charge is 0.478 e. The molecule has 1 rings (SSSR count). The van der Waals surface area contributed by atoms with Crippen LogP contribution in [0, 0.1) is 0 Å². The maximum Gasteiger partial charge on any atom is 0.332 e. The van der Waals surface area contributed by atoms with E-state index >= 15 is 0 Å². The Labute approximate surface area is 115 Å². The molecule has 0 fully saturated rings. The molecule has 0 bridgehead atoms. The summed E-state index contributed by atoms with van der Waals surface area (Å²) in [5.74, 6) is -1.77. The van der Waals surface area contributed by atoms with E-state index in [2.05, 4.69) is 5.32 Å². The molecule has 0 heterocycles. The molecular formula is C12H12FNO5S. The highest BCUT2D eigenvalue weighted by Gasteiger charge is 2.10. The first-order valence-electron chi connectivity index (χ1n) is 5.51. The minimum atomic E-state index is -4.70. The van der Waals surface area contributed by atoms with Crippen molar-refractivity contribution < 1.29 is 27.0 Å². The van der Waals surface area contributed by atoms with Crippen LogP contribution in [0.25, 0.3) is 0 Å². The summed E-state index contributed by atoms with van der Waals surface area (Å²) in [5.41, 5.74) is 0.708. The number of amides is 1. The Balaban J connectivity index is 2.47. The van der Waals surface area contributed by atoms with E-state index < -0.39 is 27.0 Å². The van der Waals surface area contributed by atoms with Crippen LogP contribution >= 0.6 is 0 Å². The minimum absolute atomic E-state index is 0.241.